The number of aromatic nitrogens is 1. The minimum absolute atomic E-state index is 0.940. The van der Waals surface area contributed by atoms with Gasteiger partial charge in [0.15, 0.2) is 0 Å². The summed E-state index contributed by atoms with van der Waals surface area (Å²) in [6.45, 7) is 5.15. The molecule has 0 unspecified atom stereocenters. The quantitative estimate of drug-likeness (QED) is 0.298. The molecule has 1 aliphatic rings. The summed E-state index contributed by atoms with van der Waals surface area (Å²) in [5, 5.41) is 2.50. The largest absolute Gasteiger partial charge is 0.338 e. The Hall–Kier alpha value is -3.28. The monoisotopic (exact) mass is 481 g/mol. The molecule has 0 radical (unpaired) electrons. The number of hydrogen-bond acceptors (Lipinski definition) is 4. The van der Waals surface area contributed by atoms with E-state index < -0.39 is 0 Å². The lowest BCUT2D eigenvalue weighted by Gasteiger charge is -2.22. The number of fused-ring (bicyclic) bond motifs is 2. The summed E-state index contributed by atoms with van der Waals surface area (Å²) in [5.41, 5.74) is 4.91. The molecule has 5 rings (SSSR count). The second kappa shape index (κ2) is 10.1. The molecule has 1 aromatic heterocycles. The van der Waals surface area contributed by atoms with Crippen LogP contribution in [0.4, 0.5) is 11.5 Å². The van der Waals surface area contributed by atoms with E-state index in [1.165, 1.54) is 43.6 Å². The topological polar surface area (TPSA) is 13.6 Å². The van der Waals surface area contributed by atoms with Gasteiger partial charge in [-0.15, -0.1) is 0 Å². The van der Waals surface area contributed by atoms with Crippen molar-refractivity contribution in [3.8, 4) is 5.69 Å². The fourth-order valence-electron chi connectivity index (χ4n) is 4.65. The number of anilines is 2. The number of nitrogens with zero attached hydrogens (tertiary/aromatic N) is 4. The van der Waals surface area contributed by atoms with E-state index in [1.54, 1.807) is 0 Å². The van der Waals surface area contributed by atoms with Gasteiger partial charge in [-0.2, -0.15) is 4.57 Å². The first kappa shape index (κ1) is 23.5. The zero-order valence-electron chi connectivity index (χ0n) is 21.0. The second-order valence-electron chi connectivity index (χ2n) is 9.14. The maximum atomic E-state index is 2.49. The molecule has 5 heteroatoms. The third kappa shape index (κ3) is 4.66. The molecule has 0 saturated heterocycles. The summed E-state index contributed by atoms with van der Waals surface area (Å²) < 4.78 is 2.41. The zero-order chi connectivity index (χ0) is 24.4. The lowest BCUT2D eigenvalue weighted by atomic mass is 10.1. The number of rotatable bonds is 7. The van der Waals surface area contributed by atoms with Crippen LogP contribution in [-0.4, -0.2) is 45.7 Å². The molecule has 4 nitrogen and oxygen atoms in total. The average Bonchev–Trinajstić information content (AvgIpc) is 3.20. The van der Waals surface area contributed by atoms with Crippen LogP contribution in [-0.2, 0) is 0 Å². The summed E-state index contributed by atoms with van der Waals surface area (Å²) in [5.74, 6) is 1.22. The highest BCUT2D eigenvalue weighted by molar-refractivity contribution is 8.03. The van der Waals surface area contributed by atoms with Crippen molar-refractivity contribution in [2.24, 2.45) is 0 Å². The molecule has 0 amide bonds. The lowest BCUT2D eigenvalue weighted by molar-refractivity contribution is -0.553. The van der Waals surface area contributed by atoms with Gasteiger partial charge in [0, 0.05) is 29.9 Å². The summed E-state index contributed by atoms with van der Waals surface area (Å²) in [4.78, 5) is 8.35. The van der Waals surface area contributed by atoms with Crippen molar-refractivity contribution >= 4 is 40.2 Å². The predicted octanol–water partition coefficient (Wildman–Crippen LogP) is 6.04. The van der Waals surface area contributed by atoms with Crippen LogP contribution >= 0.6 is 11.8 Å². The van der Waals surface area contributed by atoms with Crippen LogP contribution in [0, 0.1) is 0 Å². The normalized spacial score (nSPS) is 14.2. The molecule has 0 bridgehead atoms. The van der Waals surface area contributed by atoms with Crippen LogP contribution in [0.25, 0.3) is 22.7 Å². The van der Waals surface area contributed by atoms with E-state index in [4.69, 9.17) is 0 Å². The third-order valence-corrected chi connectivity index (χ3v) is 7.72. The van der Waals surface area contributed by atoms with Gasteiger partial charge >= 0.3 is 0 Å². The molecule has 0 atom stereocenters. The minimum Gasteiger partial charge on any atom is -0.338 e. The summed E-state index contributed by atoms with van der Waals surface area (Å²) in [6, 6.07) is 30.5. The van der Waals surface area contributed by atoms with Crippen molar-refractivity contribution in [2.75, 3.05) is 50.6 Å². The average molecular weight is 482 g/mol. The van der Waals surface area contributed by atoms with Crippen LogP contribution in [0.2, 0.25) is 0 Å². The van der Waals surface area contributed by atoms with Gasteiger partial charge in [0.1, 0.15) is 11.2 Å². The molecular weight excluding hydrogens is 448 g/mol. The van der Waals surface area contributed by atoms with Crippen LogP contribution in [0.1, 0.15) is 12.5 Å². The molecule has 35 heavy (non-hydrogen) atoms. The smallest absolute Gasteiger partial charge is 0.282 e. The maximum Gasteiger partial charge on any atom is 0.282 e. The SMILES string of the molecule is CCN(CCN(C)C)c1cc(C=C2Sc3ccccc3N2C)c2ccccc2[n+]1-c1ccccc1. The molecular formula is C30H33N4S+. The fourth-order valence-corrected chi connectivity index (χ4v) is 5.76. The van der Waals surface area contributed by atoms with Gasteiger partial charge in [0.05, 0.1) is 23.8 Å². The molecule has 178 valence electrons. The highest BCUT2D eigenvalue weighted by Gasteiger charge is 2.26. The minimum atomic E-state index is 0.940. The molecule has 0 aliphatic carbocycles. The molecule has 0 saturated carbocycles. The highest BCUT2D eigenvalue weighted by atomic mass is 32.2. The summed E-state index contributed by atoms with van der Waals surface area (Å²) in [7, 11) is 6.44. The number of benzene rings is 3. The summed E-state index contributed by atoms with van der Waals surface area (Å²) in [6.07, 6.45) is 2.35. The molecule has 0 fully saturated rings. The Labute approximate surface area is 213 Å². The van der Waals surface area contributed by atoms with Crippen molar-refractivity contribution in [3.63, 3.8) is 0 Å². The first-order valence-electron chi connectivity index (χ1n) is 12.2. The van der Waals surface area contributed by atoms with Gasteiger partial charge in [-0.1, -0.05) is 60.3 Å². The van der Waals surface area contributed by atoms with Crippen LogP contribution in [0.3, 0.4) is 0 Å². The van der Waals surface area contributed by atoms with E-state index in [2.05, 4.69) is 138 Å². The predicted molar refractivity (Wildman–Crippen MR) is 151 cm³/mol. The van der Waals surface area contributed by atoms with Crippen LogP contribution in [0.5, 0.6) is 0 Å². The number of para-hydroxylation sites is 3. The number of pyridine rings is 1. The molecule has 1 aliphatic heterocycles. The fraction of sp³-hybridized carbons (Fsp3) is 0.233. The maximum absolute atomic E-state index is 2.49. The Morgan fingerprint density at radius 3 is 2.34 bits per heavy atom. The van der Waals surface area contributed by atoms with E-state index >= 15 is 0 Å². The molecule has 2 heterocycles. The van der Waals surface area contributed by atoms with Crippen molar-refractivity contribution in [1.29, 1.82) is 0 Å². The Morgan fingerprint density at radius 2 is 1.60 bits per heavy atom. The Bertz CT molecular complexity index is 1360. The Morgan fingerprint density at radius 1 is 0.886 bits per heavy atom. The lowest BCUT2D eigenvalue weighted by Crippen LogP contribution is -2.43. The third-order valence-electron chi connectivity index (χ3n) is 6.56. The summed E-state index contributed by atoms with van der Waals surface area (Å²) >= 11 is 1.84. The van der Waals surface area contributed by atoms with Gasteiger partial charge in [-0.25, -0.2) is 0 Å². The van der Waals surface area contributed by atoms with E-state index in [1.807, 2.05) is 11.8 Å². The van der Waals surface area contributed by atoms with Gasteiger partial charge in [-0.05, 0) is 63.0 Å². The molecule has 3 aromatic carbocycles. The van der Waals surface area contributed by atoms with Crippen molar-refractivity contribution < 1.29 is 4.57 Å². The van der Waals surface area contributed by atoms with Gasteiger partial charge in [-0.3, -0.25) is 4.90 Å². The van der Waals surface area contributed by atoms with Crippen LogP contribution in [0.15, 0.2) is 94.9 Å². The van der Waals surface area contributed by atoms with E-state index in [-0.39, 0.29) is 0 Å². The van der Waals surface area contributed by atoms with Crippen molar-refractivity contribution in [2.45, 2.75) is 11.8 Å². The molecule has 4 aromatic rings. The molecule has 0 spiro atoms. The van der Waals surface area contributed by atoms with Gasteiger partial charge in [0.2, 0.25) is 0 Å². The first-order chi connectivity index (χ1) is 17.1. The Balaban J connectivity index is 1.71. The highest BCUT2D eigenvalue weighted by Crippen LogP contribution is 2.45. The first-order valence-corrected chi connectivity index (χ1v) is 13.0. The Kier molecular flexibility index (Phi) is 6.80. The standard InChI is InChI=1S/C30H33N4S/c1-5-33(20-19-31(2)3)29-21-23(22-30-32(4)27-17-11-12-18-28(27)35-30)25-15-9-10-16-26(25)34(29)24-13-7-6-8-14-24/h6-18,21-22H,5,19-20H2,1-4H3/q+1. The van der Waals surface area contributed by atoms with Gasteiger partial charge in [0.25, 0.3) is 5.82 Å². The second-order valence-corrected chi connectivity index (χ2v) is 10.2. The number of thioether (sulfide) groups is 1. The van der Waals surface area contributed by atoms with E-state index in [0.29, 0.717) is 0 Å². The number of hydrogen-bond donors (Lipinski definition) is 0. The number of likely N-dealkylation sites (N-methyl/N-ethyl adjacent to an activating group) is 2. The van der Waals surface area contributed by atoms with Crippen molar-refractivity contribution in [3.05, 3.63) is 95.5 Å². The van der Waals surface area contributed by atoms with Gasteiger partial charge < -0.3 is 9.80 Å². The van der Waals surface area contributed by atoms with Crippen LogP contribution < -0.4 is 14.4 Å². The zero-order valence-corrected chi connectivity index (χ0v) is 21.8. The van der Waals surface area contributed by atoms with E-state index in [0.717, 1.165) is 19.6 Å². The van der Waals surface area contributed by atoms with E-state index in [9.17, 15) is 0 Å². The van der Waals surface area contributed by atoms with Crippen molar-refractivity contribution in [1.82, 2.24) is 4.90 Å². The molecule has 0 N–H and O–H groups in total.